The van der Waals surface area contributed by atoms with E-state index >= 15 is 0 Å². The van der Waals surface area contributed by atoms with Crippen molar-refractivity contribution < 1.29 is 9.53 Å². The molecule has 1 aliphatic rings. The molecule has 0 amide bonds. The van der Waals surface area contributed by atoms with E-state index in [-0.39, 0.29) is 5.97 Å². The van der Waals surface area contributed by atoms with E-state index in [1.54, 1.807) is 0 Å². The summed E-state index contributed by atoms with van der Waals surface area (Å²) in [7, 11) is 1.42. The molecule has 0 N–H and O–H groups in total. The summed E-state index contributed by atoms with van der Waals surface area (Å²) in [6, 6.07) is 0.701. The van der Waals surface area contributed by atoms with E-state index < -0.39 is 0 Å². The predicted octanol–water partition coefficient (Wildman–Crippen LogP) is 1.98. The minimum absolute atomic E-state index is 0.220. The van der Waals surface area contributed by atoms with Crippen molar-refractivity contribution >= 4 is 5.97 Å². The highest BCUT2D eigenvalue weighted by Crippen LogP contribution is 2.19. The van der Waals surface area contributed by atoms with Crippen LogP contribution in [0.5, 0.6) is 0 Å². The van der Waals surface area contributed by atoms with Gasteiger partial charge in [0.05, 0.1) is 7.11 Å². The number of hydrogen-bond donors (Lipinski definition) is 0. The first-order chi connectivity index (χ1) is 7.19. The molecule has 3 heteroatoms. The van der Waals surface area contributed by atoms with Crippen LogP contribution in [0.15, 0.2) is 11.6 Å². The first kappa shape index (κ1) is 12.2. The monoisotopic (exact) mass is 211 g/mol. The van der Waals surface area contributed by atoms with Crippen LogP contribution in [0.1, 0.15) is 33.1 Å². The zero-order valence-electron chi connectivity index (χ0n) is 9.95. The number of likely N-dealkylation sites (tertiary alicyclic amines) is 1. The van der Waals surface area contributed by atoms with E-state index in [0.29, 0.717) is 11.6 Å². The molecular weight excluding hydrogens is 190 g/mol. The fourth-order valence-corrected chi connectivity index (χ4v) is 2.10. The minimum Gasteiger partial charge on any atom is -0.466 e. The SMILES string of the molecule is CCC1CCCN1CC=C(C)C(=O)OC. The number of carbonyl (C=O) groups is 1. The fourth-order valence-electron chi connectivity index (χ4n) is 2.10. The number of esters is 1. The molecule has 1 heterocycles. The van der Waals surface area contributed by atoms with Crippen molar-refractivity contribution in [2.24, 2.45) is 0 Å². The van der Waals surface area contributed by atoms with Crippen LogP contribution in [-0.2, 0) is 9.53 Å². The molecule has 1 rings (SSSR count). The zero-order chi connectivity index (χ0) is 11.3. The van der Waals surface area contributed by atoms with Crippen LogP contribution in [0.25, 0.3) is 0 Å². The Labute approximate surface area is 92.1 Å². The minimum atomic E-state index is -0.220. The molecule has 1 fully saturated rings. The second-order valence-corrected chi connectivity index (χ2v) is 4.08. The molecule has 1 aliphatic heterocycles. The van der Waals surface area contributed by atoms with Gasteiger partial charge >= 0.3 is 5.97 Å². The van der Waals surface area contributed by atoms with Crippen LogP contribution < -0.4 is 0 Å². The lowest BCUT2D eigenvalue weighted by molar-refractivity contribution is -0.136. The number of nitrogens with zero attached hydrogens (tertiary/aromatic N) is 1. The number of methoxy groups -OCH3 is 1. The average molecular weight is 211 g/mol. The molecule has 0 spiro atoms. The number of hydrogen-bond acceptors (Lipinski definition) is 3. The molecule has 0 aromatic rings. The Morgan fingerprint density at radius 2 is 2.33 bits per heavy atom. The van der Waals surface area contributed by atoms with Crippen molar-refractivity contribution in [1.82, 2.24) is 4.90 Å². The molecule has 15 heavy (non-hydrogen) atoms. The van der Waals surface area contributed by atoms with Crippen LogP contribution in [0.3, 0.4) is 0 Å². The number of carbonyl (C=O) groups excluding carboxylic acids is 1. The maximum absolute atomic E-state index is 11.2. The average Bonchev–Trinajstić information content (AvgIpc) is 2.71. The van der Waals surface area contributed by atoms with Gasteiger partial charge in [0.2, 0.25) is 0 Å². The maximum atomic E-state index is 11.2. The van der Waals surface area contributed by atoms with Crippen LogP contribution in [0, 0.1) is 0 Å². The van der Waals surface area contributed by atoms with E-state index in [0.717, 1.165) is 13.1 Å². The molecule has 0 aromatic heterocycles. The summed E-state index contributed by atoms with van der Waals surface area (Å²) < 4.78 is 4.65. The quantitative estimate of drug-likeness (QED) is 0.526. The van der Waals surface area contributed by atoms with Crippen molar-refractivity contribution in [1.29, 1.82) is 0 Å². The summed E-state index contributed by atoms with van der Waals surface area (Å²) in [5.41, 5.74) is 0.708. The summed E-state index contributed by atoms with van der Waals surface area (Å²) in [5, 5.41) is 0. The molecule has 0 aliphatic carbocycles. The summed E-state index contributed by atoms with van der Waals surface area (Å²) in [6.45, 7) is 6.06. The van der Waals surface area contributed by atoms with Gasteiger partial charge in [-0.25, -0.2) is 4.79 Å². The van der Waals surface area contributed by atoms with Crippen LogP contribution in [-0.4, -0.2) is 37.1 Å². The predicted molar refractivity (Wildman–Crippen MR) is 60.7 cm³/mol. The van der Waals surface area contributed by atoms with Crippen molar-refractivity contribution in [2.45, 2.75) is 39.2 Å². The van der Waals surface area contributed by atoms with E-state index in [1.165, 1.54) is 26.4 Å². The highest BCUT2D eigenvalue weighted by molar-refractivity contribution is 5.87. The maximum Gasteiger partial charge on any atom is 0.333 e. The van der Waals surface area contributed by atoms with Gasteiger partial charge in [-0.15, -0.1) is 0 Å². The molecular formula is C12H21NO2. The van der Waals surface area contributed by atoms with Gasteiger partial charge in [-0.3, -0.25) is 4.90 Å². The normalized spacial score (nSPS) is 23.1. The lowest BCUT2D eigenvalue weighted by atomic mass is 10.1. The summed E-state index contributed by atoms with van der Waals surface area (Å²) in [4.78, 5) is 13.6. The number of ether oxygens (including phenoxy) is 1. The second-order valence-electron chi connectivity index (χ2n) is 4.08. The lowest BCUT2D eigenvalue weighted by Crippen LogP contribution is -2.29. The standard InChI is InChI=1S/C12H21NO2/c1-4-11-6-5-8-13(11)9-7-10(2)12(14)15-3/h7,11H,4-6,8-9H2,1-3H3. The second kappa shape index (κ2) is 5.91. The molecule has 1 unspecified atom stereocenters. The molecule has 1 saturated heterocycles. The first-order valence-corrected chi connectivity index (χ1v) is 5.68. The molecule has 0 radical (unpaired) electrons. The molecule has 0 aromatic carbocycles. The highest BCUT2D eigenvalue weighted by atomic mass is 16.5. The van der Waals surface area contributed by atoms with Crippen molar-refractivity contribution in [3.8, 4) is 0 Å². The van der Waals surface area contributed by atoms with E-state index in [4.69, 9.17) is 0 Å². The molecule has 0 bridgehead atoms. The van der Waals surface area contributed by atoms with Gasteiger partial charge in [0.25, 0.3) is 0 Å². The molecule has 1 atom stereocenters. The van der Waals surface area contributed by atoms with Crippen LogP contribution in [0.4, 0.5) is 0 Å². The Hall–Kier alpha value is -0.830. The third-order valence-electron chi connectivity index (χ3n) is 3.11. The zero-order valence-corrected chi connectivity index (χ0v) is 9.95. The van der Waals surface area contributed by atoms with Crippen molar-refractivity contribution in [3.05, 3.63) is 11.6 Å². The van der Waals surface area contributed by atoms with Gasteiger partial charge < -0.3 is 4.74 Å². The largest absolute Gasteiger partial charge is 0.466 e. The third-order valence-corrected chi connectivity index (χ3v) is 3.11. The Morgan fingerprint density at radius 1 is 1.60 bits per heavy atom. The molecule has 3 nitrogen and oxygen atoms in total. The Morgan fingerprint density at radius 3 is 2.93 bits per heavy atom. The summed E-state index contributed by atoms with van der Waals surface area (Å²) in [6.07, 6.45) is 5.75. The van der Waals surface area contributed by atoms with E-state index in [9.17, 15) is 4.79 Å². The highest BCUT2D eigenvalue weighted by Gasteiger charge is 2.21. The lowest BCUT2D eigenvalue weighted by Gasteiger charge is -2.21. The Kier molecular flexibility index (Phi) is 4.82. The fraction of sp³-hybridized carbons (Fsp3) is 0.750. The topological polar surface area (TPSA) is 29.5 Å². The van der Waals surface area contributed by atoms with Crippen LogP contribution in [0.2, 0.25) is 0 Å². The van der Waals surface area contributed by atoms with Crippen molar-refractivity contribution in [3.63, 3.8) is 0 Å². The van der Waals surface area contributed by atoms with Gasteiger partial charge in [0.1, 0.15) is 0 Å². The Balaban J connectivity index is 2.44. The molecule has 86 valence electrons. The Bertz CT molecular complexity index is 248. The molecule has 0 saturated carbocycles. The summed E-state index contributed by atoms with van der Waals surface area (Å²) >= 11 is 0. The number of rotatable bonds is 4. The van der Waals surface area contributed by atoms with Gasteiger partial charge in [-0.1, -0.05) is 13.0 Å². The van der Waals surface area contributed by atoms with E-state index in [2.05, 4.69) is 16.6 Å². The van der Waals surface area contributed by atoms with Gasteiger partial charge in [0.15, 0.2) is 0 Å². The van der Waals surface area contributed by atoms with Crippen molar-refractivity contribution in [2.75, 3.05) is 20.2 Å². The first-order valence-electron chi connectivity index (χ1n) is 5.68. The van der Waals surface area contributed by atoms with Gasteiger partial charge in [0, 0.05) is 18.2 Å². The van der Waals surface area contributed by atoms with E-state index in [1.807, 2.05) is 13.0 Å². The smallest absolute Gasteiger partial charge is 0.333 e. The van der Waals surface area contributed by atoms with Gasteiger partial charge in [-0.2, -0.15) is 0 Å². The third kappa shape index (κ3) is 3.34. The van der Waals surface area contributed by atoms with Gasteiger partial charge in [-0.05, 0) is 32.7 Å². The van der Waals surface area contributed by atoms with Crippen LogP contribution >= 0.6 is 0 Å². The summed E-state index contributed by atoms with van der Waals surface area (Å²) in [5.74, 6) is -0.220.